The van der Waals surface area contributed by atoms with E-state index in [1.807, 2.05) is 0 Å². The van der Waals surface area contributed by atoms with Gasteiger partial charge in [-0.05, 0) is 32.2 Å². The lowest BCUT2D eigenvalue weighted by Gasteiger charge is -2.04. The topological polar surface area (TPSA) is 44.5 Å². The van der Waals surface area contributed by atoms with Crippen molar-refractivity contribution in [1.29, 1.82) is 0 Å². The van der Waals surface area contributed by atoms with Crippen molar-refractivity contribution >= 4 is 0 Å². The van der Waals surface area contributed by atoms with Crippen LogP contribution in [0.5, 0.6) is 0 Å². The van der Waals surface area contributed by atoms with Crippen LogP contribution in [0.25, 0.3) is 0 Å². The molecular formula is C12H27NO2. The zero-order chi connectivity index (χ0) is 11.2. The maximum atomic E-state index is 5.41. The second-order valence-electron chi connectivity index (χ2n) is 3.78. The molecule has 0 aromatic rings. The molecule has 2 N–H and O–H groups in total. The van der Waals surface area contributed by atoms with E-state index in [-0.39, 0.29) is 0 Å². The number of nitrogens with two attached hydrogens (primary N) is 1. The van der Waals surface area contributed by atoms with Crippen LogP contribution in [0.4, 0.5) is 0 Å². The minimum absolute atomic E-state index is 0.731. The first kappa shape index (κ1) is 14.9. The van der Waals surface area contributed by atoms with E-state index >= 15 is 0 Å². The summed E-state index contributed by atoms with van der Waals surface area (Å²) in [5.74, 6) is 0. The van der Waals surface area contributed by atoms with Crippen molar-refractivity contribution < 1.29 is 9.47 Å². The van der Waals surface area contributed by atoms with E-state index in [9.17, 15) is 0 Å². The van der Waals surface area contributed by atoms with Crippen LogP contribution in [0.15, 0.2) is 0 Å². The van der Waals surface area contributed by atoms with Crippen molar-refractivity contribution in [2.45, 2.75) is 45.4 Å². The fraction of sp³-hybridized carbons (Fsp3) is 1.00. The molecule has 0 saturated carbocycles. The summed E-state index contributed by atoms with van der Waals surface area (Å²) in [6, 6.07) is 0. The minimum atomic E-state index is 0.731. The zero-order valence-electron chi connectivity index (χ0n) is 10.2. The SMILES string of the molecule is CCCOCCCCCCOCCCN. The molecule has 0 rings (SSSR count). The molecule has 92 valence electrons. The van der Waals surface area contributed by atoms with Gasteiger partial charge in [0, 0.05) is 26.4 Å². The Morgan fingerprint density at radius 3 is 1.80 bits per heavy atom. The Balaban J connectivity index is 2.81. The van der Waals surface area contributed by atoms with Gasteiger partial charge in [0.15, 0.2) is 0 Å². The van der Waals surface area contributed by atoms with E-state index in [4.69, 9.17) is 15.2 Å². The van der Waals surface area contributed by atoms with E-state index in [2.05, 4.69) is 6.92 Å². The van der Waals surface area contributed by atoms with Gasteiger partial charge >= 0.3 is 0 Å². The molecule has 0 heterocycles. The average molecular weight is 217 g/mol. The van der Waals surface area contributed by atoms with Gasteiger partial charge in [0.2, 0.25) is 0 Å². The molecule has 0 unspecified atom stereocenters. The summed E-state index contributed by atoms with van der Waals surface area (Å²) >= 11 is 0. The highest BCUT2D eigenvalue weighted by Crippen LogP contribution is 2.00. The highest BCUT2D eigenvalue weighted by atomic mass is 16.5. The maximum Gasteiger partial charge on any atom is 0.0478 e. The van der Waals surface area contributed by atoms with Gasteiger partial charge in [-0.3, -0.25) is 0 Å². The smallest absolute Gasteiger partial charge is 0.0478 e. The molecular weight excluding hydrogens is 190 g/mol. The van der Waals surface area contributed by atoms with E-state index in [0.29, 0.717) is 0 Å². The summed E-state index contributed by atoms with van der Waals surface area (Å²) < 4.78 is 10.8. The van der Waals surface area contributed by atoms with Crippen molar-refractivity contribution in [1.82, 2.24) is 0 Å². The average Bonchev–Trinajstić information content (AvgIpc) is 2.26. The molecule has 0 atom stereocenters. The first-order chi connectivity index (χ1) is 7.41. The Morgan fingerprint density at radius 2 is 1.27 bits per heavy atom. The van der Waals surface area contributed by atoms with Gasteiger partial charge in [-0.25, -0.2) is 0 Å². The molecule has 0 radical (unpaired) electrons. The molecule has 0 aromatic heterocycles. The van der Waals surface area contributed by atoms with Crippen LogP contribution in [0.2, 0.25) is 0 Å². The van der Waals surface area contributed by atoms with Crippen molar-refractivity contribution in [3.8, 4) is 0 Å². The molecule has 0 aromatic carbocycles. The maximum absolute atomic E-state index is 5.41. The summed E-state index contributed by atoms with van der Waals surface area (Å²) in [5, 5.41) is 0. The number of hydrogen-bond donors (Lipinski definition) is 1. The summed E-state index contributed by atoms with van der Waals surface area (Å²) in [4.78, 5) is 0. The second-order valence-corrected chi connectivity index (χ2v) is 3.78. The van der Waals surface area contributed by atoms with Crippen LogP contribution >= 0.6 is 0 Å². The monoisotopic (exact) mass is 217 g/mol. The van der Waals surface area contributed by atoms with Crippen LogP contribution in [-0.4, -0.2) is 33.0 Å². The highest BCUT2D eigenvalue weighted by molar-refractivity contribution is 4.43. The van der Waals surface area contributed by atoms with Gasteiger partial charge in [0.1, 0.15) is 0 Å². The molecule has 0 bridgehead atoms. The Bertz CT molecular complexity index is 97.8. The van der Waals surface area contributed by atoms with Crippen molar-refractivity contribution in [2.24, 2.45) is 5.73 Å². The first-order valence-electron chi connectivity index (χ1n) is 6.27. The molecule has 0 spiro atoms. The largest absolute Gasteiger partial charge is 0.381 e. The lowest BCUT2D eigenvalue weighted by atomic mass is 10.2. The molecule has 0 fully saturated rings. The molecule has 0 saturated heterocycles. The summed E-state index contributed by atoms with van der Waals surface area (Å²) in [6.07, 6.45) is 6.95. The first-order valence-corrected chi connectivity index (χ1v) is 6.27. The highest BCUT2D eigenvalue weighted by Gasteiger charge is 1.91. The normalized spacial score (nSPS) is 10.8. The van der Waals surface area contributed by atoms with Crippen LogP contribution in [0, 0.1) is 0 Å². The van der Waals surface area contributed by atoms with E-state index in [0.717, 1.165) is 45.8 Å². The van der Waals surface area contributed by atoms with Crippen LogP contribution in [0.3, 0.4) is 0 Å². The predicted octanol–water partition coefficient (Wildman–Crippen LogP) is 2.34. The number of hydrogen-bond acceptors (Lipinski definition) is 3. The van der Waals surface area contributed by atoms with Gasteiger partial charge < -0.3 is 15.2 Å². The number of rotatable bonds is 12. The lowest BCUT2D eigenvalue weighted by molar-refractivity contribution is 0.121. The number of unbranched alkanes of at least 4 members (excludes halogenated alkanes) is 3. The van der Waals surface area contributed by atoms with Crippen molar-refractivity contribution in [3.63, 3.8) is 0 Å². The van der Waals surface area contributed by atoms with Gasteiger partial charge in [-0.1, -0.05) is 19.8 Å². The number of ether oxygens (including phenoxy) is 2. The Morgan fingerprint density at radius 1 is 0.733 bits per heavy atom. The quantitative estimate of drug-likeness (QED) is 0.510. The third kappa shape index (κ3) is 13.9. The Labute approximate surface area is 94.3 Å². The fourth-order valence-corrected chi connectivity index (χ4v) is 1.30. The lowest BCUT2D eigenvalue weighted by Crippen LogP contribution is -2.05. The molecule has 0 aliphatic heterocycles. The van der Waals surface area contributed by atoms with Gasteiger partial charge in [0.05, 0.1) is 0 Å². The summed E-state index contributed by atoms with van der Waals surface area (Å²) in [7, 11) is 0. The minimum Gasteiger partial charge on any atom is -0.381 e. The van der Waals surface area contributed by atoms with Gasteiger partial charge in [-0.2, -0.15) is 0 Å². The second kappa shape index (κ2) is 13.9. The summed E-state index contributed by atoms with van der Waals surface area (Å²) in [5.41, 5.74) is 5.35. The molecule has 0 amide bonds. The standard InChI is InChI=1S/C12H27NO2/c1-2-9-14-10-5-3-4-6-11-15-12-7-8-13/h2-13H2,1H3. The van der Waals surface area contributed by atoms with E-state index in [1.54, 1.807) is 0 Å². The van der Waals surface area contributed by atoms with Crippen molar-refractivity contribution in [3.05, 3.63) is 0 Å². The van der Waals surface area contributed by atoms with Crippen LogP contribution < -0.4 is 5.73 Å². The van der Waals surface area contributed by atoms with Crippen molar-refractivity contribution in [2.75, 3.05) is 33.0 Å². The van der Waals surface area contributed by atoms with Gasteiger partial charge in [0.25, 0.3) is 0 Å². The third-order valence-electron chi connectivity index (χ3n) is 2.17. The summed E-state index contributed by atoms with van der Waals surface area (Å²) in [6.45, 7) is 6.39. The Kier molecular flexibility index (Phi) is 13.8. The van der Waals surface area contributed by atoms with Crippen LogP contribution in [-0.2, 0) is 9.47 Å². The van der Waals surface area contributed by atoms with E-state index < -0.39 is 0 Å². The third-order valence-corrected chi connectivity index (χ3v) is 2.17. The predicted molar refractivity (Wildman–Crippen MR) is 64.1 cm³/mol. The Hall–Kier alpha value is -0.120. The zero-order valence-corrected chi connectivity index (χ0v) is 10.2. The van der Waals surface area contributed by atoms with Gasteiger partial charge in [-0.15, -0.1) is 0 Å². The van der Waals surface area contributed by atoms with Crippen LogP contribution in [0.1, 0.15) is 45.4 Å². The molecule has 0 aliphatic carbocycles. The molecule has 15 heavy (non-hydrogen) atoms. The van der Waals surface area contributed by atoms with E-state index in [1.165, 1.54) is 25.7 Å². The fourth-order valence-electron chi connectivity index (χ4n) is 1.30. The molecule has 3 nitrogen and oxygen atoms in total. The molecule has 0 aliphatic rings. The molecule has 3 heteroatoms.